The molecule has 1 rings (SSSR count). The molecule has 4 heteroatoms. The second-order valence-electron chi connectivity index (χ2n) is 3.26. The first-order valence-corrected chi connectivity index (χ1v) is 4.92. The molecule has 0 unspecified atom stereocenters. The Bertz CT molecular complexity index is 413. The summed E-state index contributed by atoms with van der Waals surface area (Å²) in [5.74, 6) is 0. The molecular formula is C12H14N2O2. The van der Waals surface area contributed by atoms with Gasteiger partial charge in [0.2, 0.25) is 0 Å². The van der Waals surface area contributed by atoms with Crippen molar-refractivity contribution < 1.29 is 4.92 Å². The molecular weight excluding hydrogens is 204 g/mol. The molecule has 0 saturated heterocycles. The van der Waals surface area contributed by atoms with Crippen molar-refractivity contribution >= 4 is 11.4 Å². The monoisotopic (exact) mass is 218 g/mol. The zero-order valence-electron chi connectivity index (χ0n) is 8.98. The number of hydrogen-bond acceptors (Lipinski definition) is 3. The topological polar surface area (TPSA) is 55.2 Å². The number of nitro benzene ring substituents is 1. The quantitative estimate of drug-likeness (QED) is 0.453. The summed E-state index contributed by atoms with van der Waals surface area (Å²) in [4.78, 5) is 10.2. The van der Waals surface area contributed by atoms with E-state index >= 15 is 0 Å². The molecule has 0 atom stereocenters. The number of nitrogens with one attached hydrogen (secondary N) is 1. The van der Waals surface area contributed by atoms with Gasteiger partial charge in [0.15, 0.2) is 0 Å². The van der Waals surface area contributed by atoms with Crippen LogP contribution in [0.5, 0.6) is 0 Å². The number of allylic oxidation sites excluding steroid dienone is 1. The molecule has 0 aliphatic heterocycles. The lowest BCUT2D eigenvalue weighted by Crippen LogP contribution is -2.02. The lowest BCUT2D eigenvalue weighted by molar-refractivity contribution is -0.384. The smallest absolute Gasteiger partial charge is 0.269 e. The van der Waals surface area contributed by atoms with Crippen molar-refractivity contribution in [2.75, 3.05) is 11.9 Å². The van der Waals surface area contributed by atoms with Crippen LogP contribution in [-0.2, 0) is 6.42 Å². The summed E-state index contributed by atoms with van der Waals surface area (Å²) < 4.78 is 0. The molecule has 0 radical (unpaired) electrons. The minimum Gasteiger partial charge on any atom is -0.381 e. The third kappa shape index (κ3) is 2.95. The van der Waals surface area contributed by atoms with Crippen LogP contribution in [0.15, 0.2) is 43.5 Å². The first-order chi connectivity index (χ1) is 7.69. The predicted octanol–water partition coefficient (Wildman–Crippen LogP) is 2.92. The highest BCUT2D eigenvalue weighted by Crippen LogP contribution is 2.22. The fraction of sp³-hybridized carbons (Fsp3) is 0.167. The summed E-state index contributed by atoms with van der Waals surface area (Å²) >= 11 is 0. The van der Waals surface area contributed by atoms with Crippen LogP contribution in [0.2, 0.25) is 0 Å². The number of benzene rings is 1. The highest BCUT2D eigenvalue weighted by molar-refractivity contribution is 5.56. The fourth-order valence-electron chi connectivity index (χ4n) is 1.37. The molecule has 0 saturated carbocycles. The molecule has 0 aliphatic rings. The molecule has 4 nitrogen and oxygen atoms in total. The average Bonchev–Trinajstić information content (AvgIpc) is 2.27. The SMILES string of the molecule is C=CCNc1ccc([N+](=O)[O-])cc1CC=C. The van der Waals surface area contributed by atoms with Crippen molar-refractivity contribution in [3.8, 4) is 0 Å². The molecule has 0 aromatic heterocycles. The molecule has 0 bridgehead atoms. The van der Waals surface area contributed by atoms with E-state index in [1.54, 1.807) is 24.3 Å². The van der Waals surface area contributed by atoms with E-state index in [0.29, 0.717) is 13.0 Å². The van der Waals surface area contributed by atoms with Gasteiger partial charge in [0.05, 0.1) is 4.92 Å². The zero-order valence-corrected chi connectivity index (χ0v) is 8.98. The Hall–Kier alpha value is -2.10. The maximum absolute atomic E-state index is 10.6. The number of nitrogens with zero attached hydrogens (tertiary/aromatic N) is 1. The van der Waals surface area contributed by atoms with E-state index in [0.717, 1.165) is 11.3 Å². The summed E-state index contributed by atoms with van der Waals surface area (Å²) in [6.45, 7) is 7.87. The van der Waals surface area contributed by atoms with Crippen LogP contribution in [0.1, 0.15) is 5.56 Å². The molecule has 1 N–H and O–H groups in total. The minimum absolute atomic E-state index is 0.0982. The molecule has 16 heavy (non-hydrogen) atoms. The van der Waals surface area contributed by atoms with Gasteiger partial charge < -0.3 is 5.32 Å². The average molecular weight is 218 g/mol. The van der Waals surface area contributed by atoms with Crippen LogP contribution in [0, 0.1) is 10.1 Å². The molecule has 0 fully saturated rings. The first kappa shape index (κ1) is 12.0. The third-order valence-electron chi connectivity index (χ3n) is 2.10. The number of nitro groups is 1. The molecule has 0 heterocycles. The minimum atomic E-state index is -0.399. The summed E-state index contributed by atoms with van der Waals surface area (Å²) in [5.41, 5.74) is 1.84. The van der Waals surface area contributed by atoms with Crippen molar-refractivity contribution in [3.05, 3.63) is 59.2 Å². The Balaban J connectivity index is 3.02. The Kier molecular flexibility index (Phi) is 4.27. The summed E-state index contributed by atoms with van der Waals surface area (Å²) in [7, 11) is 0. The van der Waals surface area contributed by atoms with E-state index in [-0.39, 0.29) is 5.69 Å². The summed E-state index contributed by atoms with van der Waals surface area (Å²) in [6, 6.07) is 4.76. The van der Waals surface area contributed by atoms with Gasteiger partial charge >= 0.3 is 0 Å². The van der Waals surface area contributed by atoms with Crippen LogP contribution in [0.3, 0.4) is 0 Å². The second kappa shape index (κ2) is 5.70. The fourth-order valence-corrected chi connectivity index (χ4v) is 1.37. The Morgan fingerprint density at radius 3 is 2.69 bits per heavy atom. The number of non-ortho nitro benzene ring substituents is 1. The van der Waals surface area contributed by atoms with E-state index in [1.807, 2.05) is 0 Å². The lowest BCUT2D eigenvalue weighted by Gasteiger charge is -2.08. The maximum atomic E-state index is 10.6. The van der Waals surface area contributed by atoms with Crippen LogP contribution in [-0.4, -0.2) is 11.5 Å². The first-order valence-electron chi connectivity index (χ1n) is 4.92. The van der Waals surface area contributed by atoms with E-state index in [1.165, 1.54) is 6.07 Å². The molecule has 0 aliphatic carbocycles. The van der Waals surface area contributed by atoms with Gasteiger partial charge in [-0.25, -0.2) is 0 Å². The Morgan fingerprint density at radius 1 is 1.38 bits per heavy atom. The predicted molar refractivity (Wildman–Crippen MR) is 65.7 cm³/mol. The van der Waals surface area contributed by atoms with Crippen molar-refractivity contribution in [3.63, 3.8) is 0 Å². The van der Waals surface area contributed by atoms with Crippen molar-refractivity contribution in [2.24, 2.45) is 0 Å². The largest absolute Gasteiger partial charge is 0.381 e. The molecule has 0 spiro atoms. The van der Waals surface area contributed by atoms with Crippen LogP contribution < -0.4 is 5.32 Å². The van der Waals surface area contributed by atoms with Gasteiger partial charge in [-0.1, -0.05) is 12.2 Å². The second-order valence-corrected chi connectivity index (χ2v) is 3.26. The number of rotatable bonds is 6. The summed E-state index contributed by atoms with van der Waals surface area (Å²) in [6.07, 6.45) is 4.05. The lowest BCUT2D eigenvalue weighted by atomic mass is 10.1. The molecule has 0 amide bonds. The van der Waals surface area contributed by atoms with Crippen LogP contribution in [0.25, 0.3) is 0 Å². The van der Waals surface area contributed by atoms with Crippen molar-refractivity contribution in [1.82, 2.24) is 0 Å². The normalized spacial score (nSPS) is 9.50. The van der Waals surface area contributed by atoms with E-state index in [9.17, 15) is 10.1 Å². The number of hydrogen-bond donors (Lipinski definition) is 1. The van der Waals surface area contributed by atoms with Gasteiger partial charge in [-0.2, -0.15) is 0 Å². The highest BCUT2D eigenvalue weighted by Gasteiger charge is 2.09. The van der Waals surface area contributed by atoms with Gasteiger partial charge in [-0.15, -0.1) is 13.2 Å². The van der Waals surface area contributed by atoms with Gasteiger partial charge in [-0.3, -0.25) is 10.1 Å². The van der Waals surface area contributed by atoms with Gasteiger partial charge in [0.25, 0.3) is 5.69 Å². The van der Waals surface area contributed by atoms with E-state index < -0.39 is 4.92 Å². The molecule has 1 aromatic carbocycles. The van der Waals surface area contributed by atoms with Crippen LogP contribution in [0.4, 0.5) is 11.4 Å². The highest BCUT2D eigenvalue weighted by atomic mass is 16.6. The van der Waals surface area contributed by atoms with Gasteiger partial charge in [-0.05, 0) is 18.1 Å². The van der Waals surface area contributed by atoms with Crippen LogP contribution >= 0.6 is 0 Å². The van der Waals surface area contributed by atoms with E-state index in [4.69, 9.17) is 0 Å². The van der Waals surface area contributed by atoms with Gasteiger partial charge in [0, 0.05) is 24.4 Å². The zero-order chi connectivity index (χ0) is 12.0. The van der Waals surface area contributed by atoms with Crippen molar-refractivity contribution in [1.29, 1.82) is 0 Å². The number of anilines is 1. The van der Waals surface area contributed by atoms with Crippen molar-refractivity contribution in [2.45, 2.75) is 6.42 Å². The Labute approximate surface area is 94.4 Å². The summed E-state index contributed by atoms with van der Waals surface area (Å²) in [5, 5.41) is 13.8. The van der Waals surface area contributed by atoms with E-state index in [2.05, 4.69) is 18.5 Å². The third-order valence-corrected chi connectivity index (χ3v) is 2.10. The maximum Gasteiger partial charge on any atom is 0.269 e. The standard InChI is InChI=1S/C12H14N2O2/c1-3-5-10-9-11(14(15)16)6-7-12(10)13-8-4-2/h3-4,6-7,9,13H,1-2,5,8H2. The Morgan fingerprint density at radius 2 is 2.12 bits per heavy atom. The van der Waals surface area contributed by atoms with Gasteiger partial charge in [0.1, 0.15) is 0 Å². The molecule has 84 valence electrons. The molecule has 1 aromatic rings.